The molecule has 2 aromatic heterocycles. The van der Waals surface area contributed by atoms with Crippen molar-refractivity contribution in [2.75, 3.05) is 62.0 Å². The van der Waals surface area contributed by atoms with Crippen molar-refractivity contribution in [3.8, 4) is 11.4 Å². The predicted octanol–water partition coefficient (Wildman–Crippen LogP) is 2.36. The number of nitrogens with one attached hydrogen (secondary N) is 3. The Bertz CT molecular complexity index is 1200. The number of rotatable bonds is 7. The third-order valence-corrected chi connectivity index (χ3v) is 6.75. The number of amides is 1. The zero-order chi connectivity index (χ0) is 25.1. The normalized spacial score (nSPS) is 17.2. The van der Waals surface area contributed by atoms with Gasteiger partial charge in [-0.2, -0.15) is 5.10 Å². The lowest BCUT2D eigenvalue weighted by Crippen LogP contribution is -2.44. The Hall–Kier alpha value is -3.70. The van der Waals surface area contributed by atoms with E-state index in [0.717, 1.165) is 50.3 Å². The summed E-state index contributed by atoms with van der Waals surface area (Å²) in [4.78, 5) is 26.6. The second-order valence-corrected chi connectivity index (χ2v) is 9.40. The molecule has 190 valence electrons. The lowest BCUT2D eigenvalue weighted by molar-refractivity contribution is 0.0904. The number of aromatic nitrogens is 4. The number of hydrogen-bond acceptors (Lipinski definition) is 9. The van der Waals surface area contributed by atoms with Crippen LogP contribution in [0.15, 0.2) is 30.5 Å². The summed E-state index contributed by atoms with van der Waals surface area (Å²) in [7, 11) is 2.15. The second kappa shape index (κ2) is 10.5. The highest BCUT2D eigenvalue weighted by molar-refractivity contribution is 5.97. The number of ether oxygens (including phenoxy) is 1. The van der Waals surface area contributed by atoms with Crippen LogP contribution in [-0.2, 0) is 4.74 Å². The molecule has 36 heavy (non-hydrogen) atoms. The number of H-pyrrole nitrogens is 1. The van der Waals surface area contributed by atoms with Crippen LogP contribution in [0.25, 0.3) is 11.4 Å². The minimum absolute atomic E-state index is 0.0675. The summed E-state index contributed by atoms with van der Waals surface area (Å²) in [5, 5.41) is 13.7. The summed E-state index contributed by atoms with van der Waals surface area (Å²) in [6.07, 6.45) is 3.35. The van der Waals surface area contributed by atoms with Gasteiger partial charge in [-0.25, -0.2) is 9.97 Å². The number of primary amides is 1. The van der Waals surface area contributed by atoms with Gasteiger partial charge < -0.3 is 30.9 Å². The molecule has 11 heteroatoms. The molecule has 2 fully saturated rings. The van der Waals surface area contributed by atoms with Gasteiger partial charge in [0.15, 0.2) is 17.3 Å². The van der Waals surface area contributed by atoms with Crippen molar-refractivity contribution >= 4 is 28.9 Å². The van der Waals surface area contributed by atoms with Crippen molar-refractivity contribution < 1.29 is 9.53 Å². The van der Waals surface area contributed by atoms with Gasteiger partial charge in [-0.15, -0.1) is 0 Å². The molecule has 5 rings (SSSR count). The van der Waals surface area contributed by atoms with E-state index in [9.17, 15) is 4.79 Å². The topological polar surface area (TPSA) is 137 Å². The summed E-state index contributed by atoms with van der Waals surface area (Å²) >= 11 is 0. The van der Waals surface area contributed by atoms with Gasteiger partial charge in [-0.05, 0) is 56.6 Å². The highest BCUT2D eigenvalue weighted by Crippen LogP contribution is 2.31. The molecule has 2 aliphatic rings. The van der Waals surface area contributed by atoms with Gasteiger partial charge >= 0.3 is 0 Å². The average Bonchev–Trinajstić information content (AvgIpc) is 3.40. The molecule has 0 atom stereocenters. The van der Waals surface area contributed by atoms with Crippen molar-refractivity contribution in [1.82, 2.24) is 25.1 Å². The van der Waals surface area contributed by atoms with Crippen molar-refractivity contribution in [1.29, 1.82) is 0 Å². The quantitative estimate of drug-likeness (QED) is 0.392. The van der Waals surface area contributed by atoms with Crippen molar-refractivity contribution in [2.45, 2.75) is 25.8 Å². The van der Waals surface area contributed by atoms with Crippen LogP contribution >= 0.6 is 0 Å². The van der Waals surface area contributed by atoms with Crippen LogP contribution in [0.3, 0.4) is 0 Å². The summed E-state index contributed by atoms with van der Waals surface area (Å²) < 4.78 is 5.49. The molecule has 3 aromatic rings. The van der Waals surface area contributed by atoms with Crippen LogP contribution in [0, 0.1) is 6.92 Å². The Morgan fingerprint density at radius 2 is 1.89 bits per heavy atom. The highest BCUT2D eigenvalue weighted by Gasteiger charge is 2.23. The van der Waals surface area contributed by atoms with Gasteiger partial charge in [-0.1, -0.05) is 0 Å². The summed E-state index contributed by atoms with van der Waals surface area (Å²) in [6.45, 7) is 7.56. The van der Waals surface area contributed by atoms with E-state index in [1.165, 1.54) is 5.69 Å². The van der Waals surface area contributed by atoms with Crippen LogP contribution in [0.2, 0.25) is 0 Å². The molecule has 0 unspecified atom stereocenters. The molecular formula is C25H33N9O2. The molecule has 0 radical (unpaired) electrons. The number of hydrogen-bond donors (Lipinski definition) is 4. The molecular weight excluding hydrogens is 458 g/mol. The minimum Gasteiger partial charge on any atom is -0.381 e. The first kappa shape index (κ1) is 24.0. The number of likely N-dealkylation sites (N-methyl/N-ethyl adjacent to an activating group) is 1. The maximum atomic E-state index is 12.4. The second-order valence-electron chi connectivity index (χ2n) is 9.40. The fourth-order valence-electron chi connectivity index (χ4n) is 4.68. The van der Waals surface area contributed by atoms with Crippen LogP contribution in [-0.4, -0.2) is 83.5 Å². The number of anilines is 4. The van der Waals surface area contributed by atoms with Gasteiger partial charge in [-0.3, -0.25) is 9.89 Å². The van der Waals surface area contributed by atoms with Gasteiger partial charge in [0.05, 0.1) is 5.69 Å². The van der Waals surface area contributed by atoms with Crippen molar-refractivity contribution in [3.63, 3.8) is 0 Å². The van der Waals surface area contributed by atoms with E-state index < -0.39 is 5.91 Å². The SMILES string of the molecule is Cc1cc(Nc2nc(NC3CCOCC3)c(-c3ccn[nH]3)nc2C(N)=O)ccc1N1CCN(C)CC1. The summed E-state index contributed by atoms with van der Waals surface area (Å²) in [6, 6.07) is 8.15. The Kier molecular flexibility index (Phi) is 7.01. The first-order valence-corrected chi connectivity index (χ1v) is 12.3. The number of carbonyl (C=O) groups is 1. The monoisotopic (exact) mass is 491 g/mol. The van der Waals surface area contributed by atoms with Gasteiger partial charge in [0, 0.05) is 63.0 Å². The largest absolute Gasteiger partial charge is 0.381 e. The van der Waals surface area contributed by atoms with E-state index in [1.54, 1.807) is 12.3 Å². The Morgan fingerprint density at radius 3 is 2.56 bits per heavy atom. The van der Waals surface area contributed by atoms with E-state index in [1.807, 2.05) is 6.07 Å². The molecule has 5 N–H and O–H groups in total. The molecule has 2 aliphatic heterocycles. The predicted molar refractivity (Wildman–Crippen MR) is 140 cm³/mol. The fourth-order valence-corrected chi connectivity index (χ4v) is 4.68. The van der Waals surface area contributed by atoms with E-state index in [4.69, 9.17) is 15.5 Å². The minimum atomic E-state index is -0.658. The van der Waals surface area contributed by atoms with E-state index in [0.29, 0.717) is 36.2 Å². The molecule has 11 nitrogen and oxygen atoms in total. The van der Waals surface area contributed by atoms with Crippen LogP contribution in [0.1, 0.15) is 28.9 Å². The lowest BCUT2D eigenvalue weighted by atomic mass is 10.1. The fraction of sp³-hybridized carbons (Fsp3) is 0.440. The van der Waals surface area contributed by atoms with Gasteiger partial charge in [0.1, 0.15) is 5.69 Å². The number of aryl methyl sites for hydroxylation is 1. The zero-order valence-electron chi connectivity index (χ0n) is 20.8. The molecule has 0 saturated carbocycles. The maximum Gasteiger partial charge on any atom is 0.271 e. The highest BCUT2D eigenvalue weighted by atomic mass is 16.5. The Morgan fingerprint density at radius 1 is 1.11 bits per heavy atom. The van der Waals surface area contributed by atoms with E-state index in [-0.39, 0.29) is 11.7 Å². The third kappa shape index (κ3) is 5.26. The number of piperazine rings is 1. The standard InChI is InChI=1S/C25H33N9O2/c1-16-15-18(3-4-20(16)34-11-9-33(2)10-12-34)29-25-22(23(26)35)30-21(19-5-8-27-32-19)24(31-25)28-17-6-13-36-14-7-17/h3-5,8,15,17H,6-7,9-14H2,1-2H3,(H2,26,35)(H,27,32)(H2,28,29,31). The smallest absolute Gasteiger partial charge is 0.271 e. The van der Waals surface area contributed by atoms with Crippen LogP contribution in [0.4, 0.5) is 23.0 Å². The molecule has 0 spiro atoms. The first-order valence-electron chi connectivity index (χ1n) is 12.3. The zero-order valence-corrected chi connectivity index (χ0v) is 20.8. The summed E-state index contributed by atoms with van der Waals surface area (Å²) in [5.41, 5.74) is 10.1. The molecule has 0 bridgehead atoms. The Balaban J connectivity index is 1.46. The molecule has 1 amide bonds. The van der Waals surface area contributed by atoms with Crippen LogP contribution in [0.5, 0.6) is 0 Å². The number of aromatic amines is 1. The number of carbonyl (C=O) groups excluding carboxylic acids is 1. The van der Waals surface area contributed by atoms with E-state index >= 15 is 0 Å². The van der Waals surface area contributed by atoms with Crippen molar-refractivity contribution in [2.24, 2.45) is 5.73 Å². The lowest BCUT2D eigenvalue weighted by Gasteiger charge is -2.35. The van der Waals surface area contributed by atoms with Crippen LogP contribution < -0.4 is 21.3 Å². The number of nitrogens with two attached hydrogens (primary N) is 1. The average molecular weight is 492 g/mol. The molecule has 1 aromatic carbocycles. The first-order chi connectivity index (χ1) is 17.5. The molecule has 2 saturated heterocycles. The number of nitrogens with zero attached hydrogens (tertiary/aromatic N) is 5. The summed E-state index contributed by atoms with van der Waals surface area (Å²) in [5.74, 6) is 0.214. The van der Waals surface area contributed by atoms with E-state index in [2.05, 4.69) is 61.7 Å². The Labute approximate surface area is 210 Å². The number of benzene rings is 1. The third-order valence-electron chi connectivity index (χ3n) is 6.75. The van der Waals surface area contributed by atoms with Crippen molar-refractivity contribution in [3.05, 3.63) is 41.7 Å². The van der Waals surface area contributed by atoms with Gasteiger partial charge in [0.2, 0.25) is 0 Å². The van der Waals surface area contributed by atoms with Gasteiger partial charge in [0.25, 0.3) is 5.91 Å². The maximum absolute atomic E-state index is 12.4. The molecule has 4 heterocycles. The molecule has 0 aliphatic carbocycles.